The van der Waals surface area contributed by atoms with E-state index in [0.29, 0.717) is 30.5 Å². The van der Waals surface area contributed by atoms with E-state index in [9.17, 15) is 29.4 Å². The fraction of sp³-hybridized carbons (Fsp3) is 0.357. The molecular formula is C28H36N6O6. The van der Waals surface area contributed by atoms with Gasteiger partial charge in [0.1, 0.15) is 17.8 Å². The lowest BCUT2D eigenvalue weighted by Crippen LogP contribution is -2.54. The number of phenols is 1. The van der Waals surface area contributed by atoms with Crippen molar-refractivity contribution >= 4 is 34.6 Å². The second-order valence-electron chi connectivity index (χ2n) is 9.56. The number of fused-ring (bicyclic) bond motifs is 1. The van der Waals surface area contributed by atoms with Crippen molar-refractivity contribution < 1.29 is 29.4 Å². The summed E-state index contributed by atoms with van der Waals surface area (Å²) in [7, 11) is 0. The number of nitrogens with two attached hydrogens (primary N) is 2. The summed E-state index contributed by atoms with van der Waals surface area (Å²) in [4.78, 5) is 53.4. The summed E-state index contributed by atoms with van der Waals surface area (Å²) in [5.74, 6) is -3.06. The minimum absolute atomic E-state index is 0.0169. The normalized spacial score (nSPS) is 13.2. The van der Waals surface area contributed by atoms with Gasteiger partial charge in [-0.05, 0) is 48.7 Å². The third-order valence-electron chi connectivity index (χ3n) is 6.47. The van der Waals surface area contributed by atoms with E-state index >= 15 is 0 Å². The highest BCUT2D eigenvalue weighted by Crippen LogP contribution is 2.19. The van der Waals surface area contributed by atoms with Gasteiger partial charge in [-0.1, -0.05) is 36.8 Å². The van der Waals surface area contributed by atoms with Crippen LogP contribution in [0.25, 0.3) is 10.9 Å². The lowest BCUT2D eigenvalue weighted by molar-refractivity contribution is -0.142. The monoisotopic (exact) mass is 552 g/mol. The highest BCUT2D eigenvalue weighted by molar-refractivity contribution is 5.93. The Bertz CT molecular complexity index is 1310. The Kier molecular flexibility index (Phi) is 11.0. The van der Waals surface area contributed by atoms with Crippen LogP contribution in [0.1, 0.15) is 30.4 Å². The zero-order chi connectivity index (χ0) is 29.1. The number of aromatic hydroxyl groups is 1. The molecule has 3 rings (SSSR count). The molecule has 2 aromatic carbocycles. The van der Waals surface area contributed by atoms with Crippen molar-refractivity contribution in [3.8, 4) is 5.75 Å². The van der Waals surface area contributed by atoms with Crippen molar-refractivity contribution in [1.82, 2.24) is 20.9 Å². The highest BCUT2D eigenvalue weighted by Gasteiger charge is 2.28. The maximum absolute atomic E-state index is 13.3. The van der Waals surface area contributed by atoms with Gasteiger partial charge >= 0.3 is 5.97 Å². The number of aromatic nitrogens is 1. The average Bonchev–Trinajstić information content (AvgIpc) is 3.34. The quantitative estimate of drug-likeness (QED) is 0.122. The van der Waals surface area contributed by atoms with E-state index in [1.165, 1.54) is 12.1 Å². The number of aromatic amines is 1. The van der Waals surface area contributed by atoms with E-state index in [1.807, 2.05) is 24.3 Å². The van der Waals surface area contributed by atoms with Crippen LogP contribution in [0.3, 0.4) is 0 Å². The van der Waals surface area contributed by atoms with Gasteiger partial charge < -0.3 is 42.6 Å². The molecule has 0 fully saturated rings. The summed E-state index contributed by atoms with van der Waals surface area (Å²) >= 11 is 0. The molecule has 0 aliphatic rings. The minimum Gasteiger partial charge on any atom is -0.508 e. The number of hydrogen-bond donors (Lipinski definition) is 8. The maximum atomic E-state index is 13.3. The number of phenolic OH excluding ortho intramolecular Hbond substituents is 1. The molecule has 214 valence electrons. The van der Waals surface area contributed by atoms with Crippen LogP contribution in [0.15, 0.2) is 54.7 Å². The number of benzene rings is 2. The molecule has 3 unspecified atom stereocenters. The number of rotatable bonds is 15. The van der Waals surface area contributed by atoms with Crippen LogP contribution in [-0.4, -0.2) is 70.1 Å². The van der Waals surface area contributed by atoms with Gasteiger partial charge in [0, 0.05) is 29.9 Å². The molecule has 3 amide bonds. The summed E-state index contributed by atoms with van der Waals surface area (Å²) in [6.07, 6.45) is 3.56. The number of carboxylic acids is 1. The lowest BCUT2D eigenvalue weighted by Gasteiger charge is -2.22. The SMILES string of the molecule is NCCCCC(N)C(=O)NCC(=O)NC(Cc1ccc(O)cc1)C(=O)NC(Cc1c[nH]c2ccccc12)C(=O)O. The molecule has 12 nitrogen and oxygen atoms in total. The van der Waals surface area contributed by atoms with Gasteiger partial charge in [-0.2, -0.15) is 0 Å². The third-order valence-corrected chi connectivity index (χ3v) is 6.47. The first-order valence-corrected chi connectivity index (χ1v) is 13.1. The number of carbonyl (C=O) groups is 4. The van der Waals surface area contributed by atoms with Gasteiger partial charge in [-0.15, -0.1) is 0 Å². The Morgan fingerprint density at radius 1 is 0.900 bits per heavy atom. The molecule has 1 aromatic heterocycles. The standard InChI is InChI=1S/C28H36N6O6/c29-12-4-3-6-21(30)26(37)32-16-25(36)33-23(13-17-8-10-19(35)11-9-17)27(38)34-24(28(39)40)14-18-15-31-22-7-2-1-5-20(18)22/h1-2,5,7-11,15,21,23-24,31,35H,3-4,6,12-14,16,29-30H2,(H,32,37)(H,33,36)(H,34,38)(H,39,40). The molecule has 40 heavy (non-hydrogen) atoms. The van der Waals surface area contributed by atoms with Crippen molar-refractivity contribution in [2.45, 2.75) is 50.2 Å². The van der Waals surface area contributed by atoms with Crippen LogP contribution in [0.4, 0.5) is 0 Å². The molecule has 0 bridgehead atoms. The van der Waals surface area contributed by atoms with Crippen LogP contribution in [-0.2, 0) is 32.0 Å². The maximum Gasteiger partial charge on any atom is 0.326 e. The largest absolute Gasteiger partial charge is 0.508 e. The lowest BCUT2D eigenvalue weighted by atomic mass is 10.0. The Morgan fingerprint density at radius 2 is 1.62 bits per heavy atom. The van der Waals surface area contributed by atoms with Crippen LogP contribution in [0.2, 0.25) is 0 Å². The number of carboxylic acid groups (broad SMARTS) is 1. The predicted octanol–water partition coefficient (Wildman–Crippen LogP) is 0.285. The van der Waals surface area contributed by atoms with Crippen molar-refractivity contribution in [2.24, 2.45) is 11.5 Å². The van der Waals surface area contributed by atoms with Crippen LogP contribution >= 0.6 is 0 Å². The van der Waals surface area contributed by atoms with Crippen LogP contribution < -0.4 is 27.4 Å². The Labute approximate surface area is 231 Å². The molecular weight excluding hydrogens is 516 g/mol. The average molecular weight is 553 g/mol. The Balaban J connectivity index is 1.68. The van der Waals surface area contributed by atoms with E-state index in [2.05, 4.69) is 20.9 Å². The number of carbonyl (C=O) groups excluding carboxylic acids is 3. The van der Waals surface area contributed by atoms with Crippen LogP contribution in [0.5, 0.6) is 5.75 Å². The van der Waals surface area contributed by atoms with Crippen molar-refractivity contribution in [3.63, 3.8) is 0 Å². The smallest absolute Gasteiger partial charge is 0.326 e. The zero-order valence-electron chi connectivity index (χ0n) is 22.1. The number of unbranched alkanes of at least 4 members (excludes halogenated alkanes) is 1. The highest BCUT2D eigenvalue weighted by atomic mass is 16.4. The molecule has 1 heterocycles. The second-order valence-corrected chi connectivity index (χ2v) is 9.56. The summed E-state index contributed by atoms with van der Waals surface area (Å²) in [6.45, 7) is 0.0756. The summed E-state index contributed by atoms with van der Waals surface area (Å²) < 4.78 is 0. The van der Waals surface area contributed by atoms with E-state index in [1.54, 1.807) is 18.3 Å². The van der Waals surface area contributed by atoms with E-state index in [4.69, 9.17) is 11.5 Å². The van der Waals surface area contributed by atoms with E-state index in [0.717, 1.165) is 17.3 Å². The van der Waals surface area contributed by atoms with E-state index < -0.39 is 48.4 Å². The summed E-state index contributed by atoms with van der Waals surface area (Å²) in [5.41, 5.74) is 13.5. The van der Waals surface area contributed by atoms with Gasteiger partial charge in [-0.3, -0.25) is 14.4 Å². The zero-order valence-corrected chi connectivity index (χ0v) is 22.1. The Hall–Kier alpha value is -4.42. The summed E-state index contributed by atoms with van der Waals surface area (Å²) in [6, 6.07) is 10.2. The van der Waals surface area contributed by atoms with Gasteiger partial charge in [0.05, 0.1) is 12.6 Å². The van der Waals surface area contributed by atoms with Crippen LogP contribution in [0, 0.1) is 0 Å². The van der Waals surface area contributed by atoms with Crippen molar-refractivity contribution in [1.29, 1.82) is 0 Å². The second kappa shape index (κ2) is 14.7. The molecule has 12 heteroatoms. The summed E-state index contributed by atoms with van der Waals surface area (Å²) in [5, 5.41) is 27.8. The van der Waals surface area contributed by atoms with Crippen molar-refractivity contribution in [3.05, 3.63) is 65.9 Å². The molecule has 0 saturated heterocycles. The molecule has 0 saturated carbocycles. The first kappa shape index (κ1) is 30.1. The first-order chi connectivity index (χ1) is 19.2. The molecule has 0 spiro atoms. The molecule has 0 aliphatic heterocycles. The van der Waals surface area contributed by atoms with Crippen molar-refractivity contribution in [2.75, 3.05) is 13.1 Å². The molecule has 0 aliphatic carbocycles. The number of aliphatic carboxylic acids is 1. The van der Waals surface area contributed by atoms with E-state index in [-0.39, 0.29) is 18.6 Å². The van der Waals surface area contributed by atoms with Gasteiger partial charge in [-0.25, -0.2) is 4.79 Å². The molecule has 3 atom stereocenters. The fourth-order valence-corrected chi connectivity index (χ4v) is 4.25. The number of para-hydroxylation sites is 1. The first-order valence-electron chi connectivity index (χ1n) is 13.1. The molecule has 3 aromatic rings. The Morgan fingerprint density at radius 3 is 2.33 bits per heavy atom. The van der Waals surface area contributed by atoms with Gasteiger partial charge in [0.25, 0.3) is 0 Å². The number of H-pyrrole nitrogens is 1. The number of hydrogen-bond acceptors (Lipinski definition) is 7. The minimum atomic E-state index is -1.27. The fourth-order valence-electron chi connectivity index (χ4n) is 4.25. The predicted molar refractivity (Wildman–Crippen MR) is 149 cm³/mol. The molecule has 0 radical (unpaired) electrons. The topological polar surface area (TPSA) is 213 Å². The third kappa shape index (κ3) is 8.82. The number of amides is 3. The van der Waals surface area contributed by atoms with Gasteiger partial charge in [0.2, 0.25) is 17.7 Å². The molecule has 10 N–H and O–H groups in total. The number of nitrogens with one attached hydrogen (secondary N) is 4. The van der Waals surface area contributed by atoms with Gasteiger partial charge in [0.15, 0.2) is 0 Å².